The average Bonchev–Trinajstić information content (AvgIpc) is 2.76. The maximum atomic E-state index is 9.06. The molecule has 1 heterocycles. The van der Waals surface area contributed by atoms with Gasteiger partial charge in [-0.2, -0.15) is 10.4 Å². The lowest BCUT2D eigenvalue weighted by Gasteiger charge is -2.16. The lowest BCUT2D eigenvalue weighted by molar-refractivity contribution is 0.675. The molecule has 5 heteroatoms. The van der Waals surface area contributed by atoms with Crippen LogP contribution < -0.4 is 5.32 Å². The summed E-state index contributed by atoms with van der Waals surface area (Å²) in [7, 11) is 1.89. The Kier molecular flexibility index (Phi) is 3.54. The topological polar surface area (TPSA) is 53.6 Å². The van der Waals surface area contributed by atoms with Crippen molar-refractivity contribution in [1.82, 2.24) is 9.78 Å². The zero-order valence-corrected chi connectivity index (χ0v) is 10.9. The Morgan fingerprint density at radius 1 is 1.44 bits per heavy atom. The van der Waals surface area contributed by atoms with Crippen LogP contribution in [-0.2, 0) is 7.05 Å². The lowest BCUT2D eigenvalue weighted by Crippen LogP contribution is -2.12. The molecule has 4 nitrogen and oxygen atoms in total. The third-order valence-electron chi connectivity index (χ3n) is 2.78. The average molecular weight is 261 g/mol. The highest BCUT2D eigenvalue weighted by atomic mass is 35.5. The van der Waals surface area contributed by atoms with Crippen LogP contribution in [-0.4, -0.2) is 9.78 Å². The van der Waals surface area contributed by atoms with Gasteiger partial charge in [0, 0.05) is 18.3 Å². The first kappa shape index (κ1) is 12.5. The van der Waals surface area contributed by atoms with E-state index in [1.54, 1.807) is 29.1 Å². The third kappa shape index (κ3) is 2.47. The summed E-state index contributed by atoms with van der Waals surface area (Å²) in [6.07, 6.45) is 1.75. The van der Waals surface area contributed by atoms with Crippen molar-refractivity contribution in [2.45, 2.75) is 13.0 Å². The van der Waals surface area contributed by atoms with Crippen molar-refractivity contribution in [3.8, 4) is 6.07 Å². The van der Waals surface area contributed by atoms with Crippen LogP contribution in [0.5, 0.6) is 0 Å². The van der Waals surface area contributed by atoms with E-state index in [1.165, 1.54) is 0 Å². The Balaban J connectivity index is 2.27. The van der Waals surface area contributed by atoms with E-state index < -0.39 is 0 Å². The van der Waals surface area contributed by atoms with Crippen LogP contribution >= 0.6 is 11.6 Å². The van der Waals surface area contributed by atoms with E-state index in [-0.39, 0.29) is 6.04 Å². The molecule has 0 saturated carbocycles. The van der Waals surface area contributed by atoms with E-state index in [0.717, 1.165) is 11.4 Å². The van der Waals surface area contributed by atoms with E-state index >= 15 is 0 Å². The molecule has 1 atom stereocenters. The van der Waals surface area contributed by atoms with Crippen molar-refractivity contribution in [3.05, 3.63) is 46.7 Å². The molecule has 0 aliphatic heterocycles. The van der Waals surface area contributed by atoms with Gasteiger partial charge in [-0.3, -0.25) is 4.68 Å². The summed E-state index contributed by atoms with van der Waals surface area (Å²) < 4.78 is 1.80. The van der Waals surface area contributed by atoms with Crippen molar-refractivity contribution in [2.24, 2.45) is 7.05 Å². The molecule has 0 radical (unpaired) electrons. The molecule has 2 aromatic rings. The van der Waals surface area contributed by atoms with Gasteiger partial charge >= 0.3 is 0 Å². The molecule has 0 aliphatic carbocycles. The molecule has 92 valence electrons. The fourth-order valence-corrected chi connectivity index (χ4v) is 2.02. The molecule has 18 heavy (non-hydrogen) atoms. The molecule has 1 N–H and O–H groups in total. The van der Waals surface area contributed by atoms with E-state index in [4.69, 9.17) is 16.9 Å². The Labute approximate surface area is 111 Å². The van der Waals surface area contributed by atoms with Gasteiger partial charge in [0.15, 0.2) is 0 Å². The van der Waals surface area contributed by atoms with Crippen LogP contribution in [0.25, 0.3) is 0 Å². The quantitative estimate of drug-likeness (QED) is 0.923. The predicted octanol–water partition coefficient (Wildman–Crippen LogP) is 3.12. The molecular formula is C13H13ClN4. The summed E-state index contributed by atoms with van der Waals surface area (Å²) in [4.78, 5) is 0. The number of rotatable bonds is 3. The summed E-state index contributed by atoms with van der Waals surface area (Å²) in [5.74, 6) is 0. The highest BCUT2D eigenvalue weighted by molar-refractivity contribution is 6.30. The SMILES string of the molecule is CC(Nc1cc(Cl)ccc1C#N)c1ccnn1C. The van der Waals surface area contributed by atoms with Crippen molar-refractivity contribution in [1.29, 1.82) is 5.26 Å². The number of hydrogen-bond donors (Lipinski definition) is 1. The minimum absolute atomic E-state index is 0.0445. The fraction of sp³-hybridized carbons (Fsp3) is 0.231. The van der Waals surface area contributed by atoms with Gasteiger partial charge in [-0.1, -0.05) is 11.6 Å². The highest BCUT2D eigenvalue weighted by Gasteiger charge is 2.11. The van der Waals surface area contributed by atoms with Crippen LogP contribution in [0.4, 0.5) is 5.69 Å². The van der Waals surface area contributed by atoms with Crippen LogP contribution in [0.1, 0.15) is 24.2 Å². The largest absolute Gasteiger partial charge is 0.376 e. The Bertz CT molecular complexity index is 597. The van der Waals surface area contributed by atoms with Gasteiger partial charge in [0.1, 0.15) is 6.07 Å². The smallest absolute Gasteiger partial charge is 0.101 e. The van der Waals surface area contributed by atoms with E-state index in [2.05, 4.69) is 16.5 Å². The standard InChI is InChI=1S/C13H13ClN4/c1-9(13-5-6-16-18(13)2)17-12-7-11(14)4-3-10(12)8-15/h3-7,9,17H,1-2H3. The molecule has 1 aromatic heterocycles. The van der Waals surface area contributed by atoms with Crippen molar-refractivity contribution in [3.63, 3.8) is 0 Å². The zero-order valence-electron chi connectivity index (χ0n) is 10.2. The maximum Gasteiger partial charge on any atom is 0.101 e. The van der Waals surface area contributed by atoms with Gasteiger partial charge in [0.05, 0.1) is 23.0 Å². The fourth-order valence-electron chi connectivity index (χ4n) is 1.85. The number of aromatic nitrogens is 2. The van der Waals surface area contributed by atoms with E-state index in [1.807, 2.05) is 20.0 Å². The molecule has 1 aromatic carbocycles. The summed E-state index contributed by atoms with van der Waals surface area (Å²) in [6, 6.07) is 9.30. The van der Waals surface area contributed by atoms with E-state index in [0.29, 0.717) is 10.6 Å². The number of benzene rings is 1. The number of aryl methyl sites for hydroxylation is 1. The molecule has 0 bridgehead atoms. The summed E-state index contributed by atoms with van der Waals surface area (Å²) in [6.45, 7) is 2.01. The Morgan fingerprint density at radius 3 is 2.83 bits per heavy atom. The van der Waals surface area contributed by atoms with Gasteiger partial charge in [0.25, 0.3) is 0 Å². The van der Waals surface area contributed by atoms with E-state index in [9.17, 15) is 0 Å². The van der Waals surface area contributed by atoms with Crippen molar-refractivity contribution in [2.75, 3.05) is 5.32 Å². The monoisotopic (exact) mass is 260 g/mol. The first-order chi connectivity index (χ1) is 8.61. The van der Waals surface area contributed by atoms with Gasteiger partial charge in [0.2, 0.25) is 0 Å². The molecular weight excluding hydrogens is 248 g/mol. The molecule has 0 aliphatic rings. The minimum Gasteiger partial charge on any atom is -0.376 e. The summed E-state index contributed by atoms with van der Waals surface area (Å²) in [5.41, 5.74) is 2.35. The molecule has 0 amide bonds. The van der Waals surface area contributed by atoms with Crippen LogP contribution in [0.3, 0.4) is 0 Å². The predicted molar refractivity (Wildman–Crippen MR) is 71.4 cm³/mol. The first-order valence-corrected chi connectivity index (χ1v) is 5.93. The number of anilines is 1. The minimum atomic E-state index is 0.0445. The number of halogens is 1. The van der Waals surface area contributed by atoms with Crippen molar-refractivity contribution < 1.29 is 0 Å². The van der Waals surface area contributed by atoms with Crippen LogP contribution in [0.15, 0.2) is 30.5 Å². The molecule has 1 unspecified atom stereocenters. The van der Waals surface area contributed by atoms with Gasteiger partial charge in [-0.25, -0.2) is 0 Å². The van der Waals surface area contributed by atoms with Crippen molar-refractivity contribution >= 4 is 17.3 Å². The zero-order chi connectivity index (χ0) is 13.1. The first-order valence-electron chi connectivity index (χ1n) is 5.56. The van der Waals surface area contributed by atoms with Crippen LogP contribution in [0, 0.1) is 11.3 Å². The second-order valence-corrected chi connectivity index (χ2v) is 4.48. The second-order valence-electron chi connectivity index (χ2n) is 4.05. The van der Waals surface area contributed by atoms with Gasteiger partial charge in [-0.05, 0) is 31.2 Å². The molecule has 0 spiro atoms. The molecule has 0 saturated heterocycles. The Hall–Kier alpha value is -1.99. The van der Waals surface area contributed by atoms with Crippen LogP contribution in [0.2, 0.25) is 5.02 Å². The number of hydrogen-bond acceptors (Lipinski definition) is 3. The number of nitrogens with one attached hydrogen (secondary N) is 1. The lowest BCUT2D eigenvalue weighted by atomic mass is 10.1. The number of nitrogens with zero attached hydrogens (tertiary/aromatic N) is 3. The second kappa shape index (κ2) is 5.11. The Morgan fingerprint density at radius 2 is 2.22 bits per heavy atom. The normalized spacial score (nSPS) is 11.9. The van der Waals surface area contributed by atoms with Gasteiger partial charge < -0.3 is 5.32 Å². The maximum absolute atomic E-state index is 9.06. The molecule has 0 fully saturated rings. The third-order valence-corrected chi connectivity index (χ3v) is 3.01. The number of nitriles is 1. The molecule has 2 rings (SSSR count). The van der Waals surface area contributed by atoms with Gasteiger partial charge in [-0.15, -0.1) is 0 Å². The highest BCUT2D eigenvalue weighted by Crippen LogP contribution is 2.24. The summed E-state index contributed by atoms with van der Waals surface area (Å²) in [5, 5.41) is 17.1. The summed E-state index contributed by atoms with van der Waals surface area (Å²) >= 11 is 5.95.